The number of hydrogen-bond donors (Lipinski definition) is 1. The molecule has 6 nitrogen and oxygen atoms in total. The molecule has 0 amide bonds. The summed E-state index contributed by atoms with van der Waals surface area (Å²) < 4.78 is 23.0. The number of rotatable bonds is 9. The van der Waals surface area contributed by atoms with Crippen molar-refractivity contribution in [2.24, 2.45) is 0 Å². The molecule has 0 radical (unpaired) electrons. The van der Waals surface area contributed by atoms with Crippen molar-refractivity contribution >= 4 is 0 Å². The van der Waals surface area contributed by atoms with E-state index in [-0.39, 0.29) is 6.04 Å². The predicted octanol–water partition coefficient (Wildman–Crippen LogP) is 4.29. The molecule has 1 fully saturated rings. The molecule has 1 aliphatic rings. The van der Waals surface area contributed by atoms with Crippen molar-refractivity contribution in [3.8, 4) is 23.0 Å². The Morgan fingerprint density at radius 1 is 0.788 bits per heavy atom. The average molecular weight is 449 g/mol. The van der Waals surface area contributed by atoms with Crippen molar-refractivity contribution in [2.75, 3.05) is 47.5 Å². The summed E-state index contributed by atoms with van der Waals surface area (Å²) in [5.74, 6) is 3.03. The number of nitrogens with zero attached hydrogens (tertiary/aromatic N) is 1. The van der Waals surface area contributed by atoms with Gasteiger partial charge in [0.15, 0.2) is 11.5 Å². The predicted molar refractivity (Wildman–Crippen MR) is 130 cm³/mol. The normalized spacial score (nSPS) is 15.0. The zero-order valence-electron chi connectivity index (χ0n) is 19.5. The standard InChI is InChI=1S/C27H32N2O4/c1-30-22-10-11-23(25(18-22)31-2)27(29-15-13-28-14-16-29)21-9-12-24(26(17-21)32-3)33-19-20-7-5-4-6-8-20/h4-12,17-18,27-28H,13-16,19H2,1-3H3. The van der Waals surface area contributed by atoms with Crippen molar-refractivity contribution in [1.82, 2.24) is 10.2 Å². The molecule has 1 N–H and O–H groups in total. The highest BCUT2D eigenvalue weighted by Gasteiger charge is 2.28. The molecule has 0 aromatic heterocycles. The van der Waals surface area contributed by atoms with E-state index in [0.29, 0.717) is 6.61 Å². The van der Waals surface area contributed by atoms with Gasteiger partial charge in [0.05, 0.1) is 27.4 Å². The van der Waals surface area contributed by atoms with Gasteiger partial charge in [0.25, 0.3) is 0 Å². The number of methoxy groups -OCH3 is 3. The van der Waals surface area contributed by atoms with Gasteiger partial charge in [-0.05, 0) is 35.4 Å². The van der Waals surface area contributed by atoms with E-state index in [2.05, 4.69) is 40.5 Å². The molecule has 33 heavy (non-hydrogen) atoms. The first-order valence-electron chi connectivity index (χ1n) is 11.2. The van der Waals surface area contributed by atoms with E-state index >= 15 is 0 Å². The third-order valence-electron chi connectivity index (χ3n) is 5.99. The summed E-state index contributed by atoms with van der Waals surface area (Å²) in [7, 11) is 5.05. The van der Waals surface area contributed by atoms with Crippen molar-refractivity contribution in [2.45, 2.75) is 12.6 Å². The summed E-state index contributed by atoms with van der Waals surface area (Å²) in [5.41, 5.74) is 3.34. The lowest BCUT2D eigenvalue weighted by molar-refractivity contribution is 0.195. The van der Waals surface area contributed by atoms with Crippen LogP contribution >= 0.6 is 0 Å². The Morgan fingerprint density at radius 3 is 2.24 bits per heavy atom. The van der Waals surface area contributed by atoms with Gasteiger partial charge in [0.1, 0.15) is 18.1 Å². The zero-order valence-corrected chi connectivity index (χ0v) is 19.5. The van der Waals surface area contributed by atoms with Crippen molar-refractivity contribution in [3.05, 3.63) is 83.4 Å². The minimum Gasteiger partial charge on any atom is -0.497 e. The molecule has 1 unspecified atom stereocenters. The van der Waals surface area contributed by atoms with E-state index in [1.165, 1.54) is 0 Å². The lowest BCUT2D eigenvalue weighted by Crippen LogP contribution is -2.45. The molecule has 1 aliphatic heterocycles. The largest absolute Gasteiger partial charge is 0.497 e. The van der Waals surface area contributed by atoms with Crippen LogP contribution in [0, 0.1) is 0 Å². The molecule has 0 saturated carbocycles. The van der Waals surface area contributed by atoms with Crippen LogP contribution in [0.15, 0.2) is 66.7 Å². The van der Waals surface area contributed by atoms with Crippen molar-refractivity contribution < 1.29 is 18.9 Å². The monoisotopic (exact) mass is 448 g/mol. The topological polar surface area (TPSA) is 52.2 Å². The highest BCUT2D eigenvalue weighted by Crippen LogP contribution is 2.40. The van der Waals surface area contributed by atoms with Crippen LogP contribution < -0.4 is 24.3 Å². The second kappa shape index (κ2) is 11.1. The molecule has 1 atom stereocenters. The molecule has 4 rings (SSSR count). The highest BCUT2D eigenvalue weighted by atomic mass is 16.5. The van der Waals surface area contributed by atoms with E-state index in [4.69, 9.17) is 18.9 Å². The van der Waals surface area contributed by atoms with E-state index < -0.39 is 0 Å². The smallest absolute Gasteiger partial charge is 0.161 e. The quantitative estimate of drug-likeness (QED) is 0.527. The molecule has 3 aromatic carbocycles. The first-order chi connectivity index (χ1) is 16.2. The van der Waals surface area contributed by atoms with Crippen LogP contribution in [0.4, 0.5) is 0 Å². The molecule has 3 aromatic rings. The summed E-state index contributed by atoms with van der Waals surface area (Å²) >= 11 is 0. The first kappa shape index (κ1) is 23.0. The van der Waals surface area contributed by atoms with Gasteiger partial charge in [-0.15, -0.1) is 0 Å². The maximum atomic E-state index is 6.09. The SMILES string of the molecule is COc1ccc(C(c2ccc(OCc3ccccc3)c(OC)c2)N2CCNCC2)c(OC)c1. The molecular weight excluding hydrogens is 416 g/mol. The highest BCUT2D eigenvalue weighted by molar-refractivity contribution is 5.50. The average Bonchev–Trinajstić information content (AvgIpc) is 2.89. The second-order valence-corrected chi connectivity index (χ2v) is 7.98. The van der Waals surface area contributed by atoms with Gasteiger partial charge in [-0.3, -0.25) is 4.90 Å². The Kier molecular flexibility index (Phi) is 7.70. The third-order valence-corrected chi connectivity index (χ3v) is 5.99. The fraction of sp³-hybridized carbons (Fsp3) is 0.333. The van der Waals surface area contributed by atoms with Crippen molar-refractivity contribution in [3.63, 3.8) is 0 Å². The molecule has 174 valence electrons. The zero-order chi connectivity index (χ0) is 23.0. The molecule has 0 spiro atoms. The fourth-order valence-corrected chi connectivity index (χ4v) is 4.28. The van der Waals surface area contributed by atoms with E-state index in [1.54, 1.807) is 21.3 Å². The number of nitrogens with one attached hydrogen (secondary N) is 1. The Morgan fingerprint density at radius 2 is 1.55 bits per heavy atom. The minimum absolute atomic E-state index is 0.0185. The number of ether oxygens (including phenoxy) is 4. The maximum absolute atomic E-state index is 6.09. The van der Waals surface area contributed by atoms with E-state index in [9.17, 15) is 0 Å². The summed E-state index contributed by atoms with van der Waals surface area (Å²) in [6, 6.07) is 22.4. The number of hydrogen-bond acceptors (Lipinski definition) is 6. The van der Waals surface area contributed by atoms with Gasteiger partial charge < -0.3 is 24.3 Å². The van der Waals surface area contributed by atoms with Gasteiger partial charge in [-0.2, -0.15) is 0 Å². The summed E-state index contributed by atoms with van der Waals surface area (Å²) in [4.78, 5) is 2.47. The molecule has 0 aliphatic carbocycles. The summed E-state index contributed by atoms with van der Waals surface area (Å²) in [6.45, 7) is 4.27. The Bertz CT molecular complexity index is 1040. The maximum Gasteiger partial charge on any atom is 0.161 e. The van der Waals surface area contributed by atoms with Crippen LogP contribution in [-0.4, -0.2) is 52.4 Å². The van der Waals surface area contributed by atoms with Crippen LogP contribution in [0.1, 0.15) is 22.7 Å². The van der Waals surface area contributed by atoms with Crippen LogP contribution in [0.5, 0.6) is 23.0 Å². The van der Waals surface area contributed by atoms with Gasteiger partial charge in [-0.25, -0.2) is 0 Å². The first-order valence-corrected chi connectivity index (χ1v) is 11.2. The Hall–Kier alpha value is -3.22. The lowest BCUT2D eigenvalue weighted by atomic mass is 9.95. The fourth-order valence-electron chi connectivity index (χ4n) is 4.28. The van der Waals surface area contributed by atoms with Crippen LogP contribution in [0.3, 0.4) is 0 Å². The number of piperazine rings is 1. The summed E-state index contributed by atoms with van der Waals surface area (Å²) in [5, 5.41) is 3.45. The molecular formula is C27H32N2O4. The Balaban J connectivity index is 1.68. The van der Waals surface area contributed by atoms with Crippen LogP contribution in [0.2, 0.25) is 0 Å². The van der Waals surface area contributed by atoms with E-state index in [0.717, 1.165) is 65.9 Å². The van der Waals surface area contributed by atoms with Crippen molar-refractivity contribution in [1.29, 1.82) is 0 Å². The van der Waals surface area contributed by atoms with Crippen LogP contribution in [-0.2, 0) is 6.61 Å². The number of benzene rings is 3. The van der Waals surface area contributed by atoms with Gasteiger partial charge >= 0.3 is 0 Å². The molecule has 0 bridgehead atoms. The lowest BCUT2D eigenvalue weighted by Gasteiger charge is -2.36. The molecule has 1 saturated heterocycles. The summed E-state index contributed by atoms with van der Waals surface area (Å²) in [6.07, 6.45) is 0. The molecule has 1 heterocycles. The van der Waals surface area contributed by atoms with E-state index in [1.807, 2.05) is 36.4 Å². The Labute approximate surface area is 196 Å². The van der Waals surface area contributed by atoms with Gasteiger partial charge in [-0.1, -0.05) is 36.4 Å². The van der Waals surface area contributed by atoms with Gasteiger partial charge in [0.2, 0.25) is 0 Å². The van der Waals surface area contributed by atoms with Crippen LogP contribution in [0.25, 0.3) is 0 Å². The second-order valence-electron chi connectivity index (χ2n) is 7.98. The van der Waals surface area contributed by atoms with Gasteiger partial charge in [0, 0.05) is 37.8 Å². The third kappa shape index (κ3) is 5.41. The molecule has 6 heteroatoms. The minimum atomic E-state index is 0.0185.